The van der Waals surface area contributed by atoms with E-state index >= 15 is 0 Å². The van der Waals surface area contributed by atoms with Crippen LogP contribution in [0, 0.1) is 0 Å². The number of rotatable bonds is 6. The van der Waals surface area contributed by atoms with Gasteiger partial charge in [-0.05, 0) is 39.0 Å². The van der Waals surface area contributed by atoms with E-state index in [9.17, 15) is 14.4 Å². The van der Waals surface area contributed by atoms with Crippen molar-refractivity contribution in [2.24, 2.45) is 0 Å². The highest BCUT2D eigenvalue weighted by Gasteiger charge is 2.21. The lowest BCUT2D eigenvalue weighted by Gasteiger charge is -2.11. The van der Waals surface area contributed by atoms with E-state index in [4.69, 9.17) is 14.3 Å². The molecule has 7 heteroatoms. The van der Waals surface area contributed by atoms with Gasteiger partial charge in [-0.2, -0.15) is 4.73 Å². The van der Waals surface area contributed by atoms with Gasteiger partial charge in [-0.25, -0.2) is 14.4 Å². The Bertz CT molecular complexity index is 1290. The predicted octanol–water partition coefficient (Wildman–Crippen LogP) is 4.29. The molecular weight excluding hydrogens is 398 g/mol. The highest BCUT2D eigenvalue weighted by atomic mass is 16.7. The first kappa shape index (κ1) is 21.6. The largest absolute Gasteiger partial charge is 0.423 e. The summed E-state index contributed by atoms with van der Waals surface area (Å²) in [6.07, 6.45) is 0. The number of para-hydroxylation sites is 1. The van der Waals surface area contributed by atoms with Gasteiger partial charge in [-0.1, -0.05) is 31.9 Å². The Morgan fingerprint density at radius 3 is 2.00 bits per heavy atom. The maximum atomic E-state index is 12.3. The Kier molecular flexibility index (Phi) is 5.79. The Morgan fingerprint density at radius 1 is 0.774 bits per heavy atom. The molecular formula is C24H21NO6. The molecule has 1 aromatic heterocycles. The molecule has 0 spiro atoms. The maximum absolute atomic E-state index is 12.3. The van der Waals surface area contributed by atoms with E-state index in [-0.39, 0.29) is 28.2 Å². The summed E-state index contributed by atoms with van der Waals surface area (Å²) < 4.78 is 12.0. The van der Waals surface area contributed by atoms with E-state index in [0.717, 1.165) is 0 Å². The molecule has 0 radical (unpaired) electrons. The fourth-order valence-corrected chi connectivity index (χ4v) is 2.76. The minimum atomic E-state index is -0.677. The number of hydrogen-bond donors (Lipinski definition) is 0. The van der Waals surface area contributed by atoms with Gasteiger partial charge in [0.2, 0.25) is 0 Å². The van der Waals surface area contributed by atoms with Gasteiger partial charge in [0.25, 0.3) is 0 Å². The van der Waals surface area contributed by atoms with Crippen molar-refractivity contribution >= 4 is 39.7 Å². The topological polar surface area (TPSA) is 83.8 Å². The quantitative estimate of drug-likeness (QED) is 0.337. The van der Waals surface area contributed by atoms with Crippen LogP contribution in [0.25, 0.3) is 21.8 Å². The standard InChI is InChI=1S/C24H21NO6/c1-13(2)22(26)29-16-10-11-17-18-8-7-9-20(30-23(27)14(3)4)21(18)25(19(17)12-16)31-24(28)15(5)6/h7-12H,1,3,5H2,2,4,6H3. The number of fused-ring (bicyclic) bond motifs is 3. The van der Waals surface area contributed by atoms with Crippen LogP contribution in [-0.4, -0.2) is 22.6 Å². The van der Waals surface area contributed by atoms with Crippen molar-refractivity contribution in [2.75, 3.05) is 0 Å². The lowest BCUT2D eigenvalue weighted by atomic mass is 10.1. The number of carbonyl (C=O) groups excluding carboxylic acids is 3. The monoisotopic (exact) mass is 419 g/mol. The first-order chi connectivity index (χ1) is 14.6. The zero-order chi connectivity index (χ0) is 22.9. The predicted molar refractivity (Wildman–Crippen MR) is 117 cm³/mol. The van der Waals surface area contributed by atoms with Gasteiger partial charge in [0, 0.05) is 33.6 Å². The van der Waals surface area contributed by atoms with E-state index in [1.54, 1.807) is 36.4 Å². The van der Waals surface area contributed by atoms with Crippen LogP contribution in [-0.2, 0) is 14.4 Å². The smallest absolute Gasteiger partial charge is 0.358 e. The molecule has 0 bridgehead atoms. The van der Waals surface area contributed by atoms with Crippen LogP contribution in [0.5, 0.6) is 11.5 Å². The SMILES string of the molecule is C=C(C)C(=O)Oc1ccc2c3cccc(OC(=O)C(=C)C)c3n(OC(=O)C(=C)C)c2c1. The van der Waals surface area contributed by atoms with Crippen molar-refractivity contribution in [3.8, 4) is 11.5 Å². The van der Waals surface area contributed by atoms with Crippen molar-refractivity contribution in [1.82, 2.24) is 4.73 Å². The summed E-state index contributed by atoms with van der Waals surface area (Å²) in [6.45, 7) is 15.3. The molecule has 3 rings (SSSR count). The normalized spacial score (nSPS) is 10.5. The van der Waals surface area contributed by atoms with E-state index in [1.165, 1.54) is 25.5 Å². The third kappa shape index (κ3) is 4.25. The Balaban J connectivity index is 2.27. The molecule has 0 aliphatic heterocycles. The van der Waals surface area contributed by atoms with Gasteiger partial charge in [0.1, 0.15) is 11.3 Å². The zero-order valence-electron chi connectivity index (χ0n) is 17.5. The molecule has 1 heterocycles. The van der Waals surface area contributed by atoms with Crippen LogP contribution in [0.3, 0.4) is 0 Å². The van der Waals surface area contributed by atoms with Gasteiger partial charge >= 0.3 is 17.9 Å². The fraction of sp³-hybridized carbons (Fsp3) is 0.125. The minimum Gasteiger partial charge on any atom is -0.423 e. The van der Waals surface area contributed by atoms with Crippen molar-refractivity contribution < 1.29 is 28.7 Å². The van der Waals surface area contributed by atoms with Crippen molar-refractivity contribution in [1.29, 1.82) is 0 Å². The third-order valence-corrected chi connectivity index (χ3v) is 4.31. The van der Waals surface area contributed by atoms with Gasteiger partial charge in [0.15, 0.2) is 5.75 Å². The molecule has 31 heavy (non-hydrogen) atoms. The lowest BCUT2D eigenvalue weighted by molar-refractivity contribution is -0.138. The average molecular weight is 419 g/mol. The number of ether oxygens (including phenoxy) is 2. The van der Waals surface area contributed by atoms with E-state index in [1.807, 2.05) is 0 Å². The molecule has 0 saturated heterocycles. The number of carbonyl (C=O) groups is 3. The molecule has 158 valence electrons. The number of esters is 2. The van der Waals surface area contributed by atoms with Gasteiger partial charge < -0.3 is 14.3 Å². The van der Waals surface area contributed by atoms with Crippen LogP contribution in [0.1, 0.15) is 20.8 Å². The number of aromatic nitrogens is 1. The number of nitrogens with zero attached hydrogens (tertiary/aromatic N) is 1. The molecule has 3 aromatic rings. The van der Waals surface area contributed by atoms with Crippen molar-refractivity contribution in [2.45, 2.75) is 20.8 Å². The summed E-state index contributed by atoms with van der Waals surface area (Å²) in [5.74, 6) is -1.47. The number of hydrogen-bond acceptors (Lipinski definition) is 6. The van der Waals surface area contributed by atoms with Crippen LogP contribution in [0.2, 0.25) is 0 Å². The van der Waals surface area contributed by atoms with Gasteiger partial charge in [-0.15, -0.1) is 0 Å². The molecule has 0 amide bonds. The highest BCUT2D eigenvalue weighted by molar-refractivity contribution is 6.11. The van der Waals surface area contributed by atoms with E-state index in [2.05, 4.69) is 19.7 Å². The maximum Gasteiger partial charge on any atom is 0.358 e. The molecule has 7 nitrogen and oxygen atoms in total. The van der Waals surface area contributed by atoms with E-state index in [0.29, 0.717) is 21.8 Å². The van der Waals surface area contributed by atoms with Crippen molar-refractivity contribution in [3.05, 3.63) is 72.9 Å². The summed E-state index contributed by atoms with van der Waals surface area (Å²) >= 11 is 0. The van der Waals surface area contributed by atoms with Gasteiger partial charge in [-0.3, -0.25) is 0 Å². The van der Waals surface area contributed by atoms with Crippen molar-refractivity contribution in [3.63, 3.8) is 0 Å². The second kappa shape index (κ2) is 8.31. The van der Waals surface area contributed by atoms with Crippen LogP contribution in [0.4, 0.5) is 0 Å². The second-order valence-corrected chi connectivity index (χ2v) is 7.12. The summed E-state index contributed by atoms with van der Waals surface area (Å²) in [5.41, 5.74) is 1.41. The lowest BCUT2D eigenvalue weighted by Crippen LogP contribution is -2.20. The Morgan fingerprint density at radius 2 is 1.39 bits per heavy atom. The first-order valence-electron chi connectivity index (χ1n) is 9.31. The molecule has 0 saturated carbocycles. The second-order valence-electron chi connectivity index (χ2n) is 7.12. The fourth-order valence-electron chi connectivity index (χ4n) is 2.76. The highest BCUT2D eigenvalue weighted by Crippen LogP contribution is 2.36. The van der Waals surface area contributed by atoms with Crippen LogP contribution >= 0.6 is 0 Å². The number of benzene rings is 2. The van der Waals surface area contributed by atoms with Crippen LogP contribution < -0.4 is 14.3 Å². The molecule has 0 unspecified atom stereocenters. The summed E-state index contributed by atoms with van der Waals surface area (Å²) in [7, 11) is 0. The van der Waals surface area contributed by atoms with Crippen LogP contribution in [0.15, 0.2) is 72.9 Å². The molecule has 2 aromatic carbocycles. The van der Waals surface area contributed by atoms with Gasteiger partial charge in [0.05, 0.1) is 5.52 Å². The third-order valence-electron chi connectivity index (χ3n) is 4.31. The van der Waals surface area contributed by atoms with E-state index < -0.39 is 17.9 Å². The summed E-state index contributed by atoms with van der Waals surface area (Å²) in [6, 6.07) is 9.96. The summed E-state index contributed by atoms with van der Waals surface area (Å²) in [5, 5.41) is 1.35. The Labute approximate surface area is 178 Å². The first-order valence-corrected chi connectivity index (χ1v) is 9.31. The molecule has 0 fully saturated rings. The molecule has 0 atom stereocenters. The molecule has 0 aliphatic rings. The zero-order valence-corrected chi connectivity index (χ0v) is 17.5. The molecule has 0 N–H and O–H groups in total. The Hall–Kier alpha value is -4.13. The average Bonchev–Trinajstić information content (AvgIpc) is 3.01. The summed E-state index contributed by atoms with van der Waals surface area (Å²) in [4.78, 5) is 41.9. The minimum absolute atomic E-state index is 0.177. The molecule has 0 aliphatic carbocycles.